The van der Waals surface area contributed by atoms with Gasteiger partial charge in [0.1, 0.15) is 0 Å². The van der Waals surface area contributed by atoms with E-state index in [2.05, 4.69) is 5.32 Å². The fourth-order valence-corrected chi connectivity index (χ4v) is 2.47. The molecule has 5 nitrogen and oxygen atoms in total. The standard InChI is InChI=1S/C14H27N3O2/c1-11(13(18)16(3)4)15-12(2)14(19)17-9-7-5-6-8-10-17/h11-12,15H,5-10H2,1-4H3. The van der Waals surface area contributed by atoms with Crippen LogP contribution in [0.25, 0.3) is 0 Å². The number of nitrogens with one attached hydrogen (secondary N) is 1. The molecule has 1 aliphatic heterocycles. The molecule has 5 heteroatoms. The predicted molar refractivity (Wildman–Crippen MR) is 75.8 cm³/mol. The van der Waals surface area contributed by atoms with Crippen molar-refractivity contribution in [1.82, 2.24) is 15.1 Å². The Morgan fingerprint density at radius 3 is 2.00 bits per heavy atom. The number of hydrogen-bond acceptors (Lipinski definition) is 3. The fourth-order valence-electron chi connectivity index (χ4n) is 2.47. The summed E-state index contributed by atoms with van der Waals surface area (Å²) < 4.78 is 0. The quantitative estimate of drug-likeness (QED) is 0.823. The fraction of sp³-hybridized carbons (Fsp3) is 0.857. The lowest BCUT2D eigenvalue weighted by molar-refractivity contribution is -0.134. The molecule has 1 N–H and O–H groups in total. The molecule has 0 bridgehead atoms. The Morgan fingerprint density at radius 2 is 1.53 bits per heavy atom. The van der Waals surface area contributed by atoms with E-state index in [0.29, 0.717) is 0 Å². The first-order valence-corrected chi connectivity index (χ1v) is 7.19. The van der Waals surface area contributed by atoms with Crippen LogP contribution in [-0.2, 0) is 9.59 Å². The van der Waals surface area contributed by atoms with Crippen molar-refractivity contribution in [3.63, 3.8) is 0 Å². The normalized spacial score (nSPS) is 19.5. The van der Waals surface area contributed by atoms with Gasteiger partial charge in [-0.1, -0.05) is 12.8 Å². The molecule has 1 rings (SSSR count). The first kappa shape index (κ1) is 16.0. The number of likely N-dealkylation sites (N-methyl/N-ethyl adjacent to an activating group) is 1. The lowest BCUT2D eigenvalue weighted by atomic mass is 10.2. The number of hydrogen-bond donors (Lipinski definition) is 1. The first-order chi connectivity index (χ1) is 8.93. The second-order valence-electron chi connectivity index (χ2n) is 5.58. The molecule has 0 aromatic heterocycles. The monoisotopic (exact) mass is 269 g/mol. The lowest BCUT2D eigenvalue weighted by Crippen LogP contribution is -2.51. The van der Waals surface area contributed by atoms with Crippen molar-refractivity contribution in [3.05, 3.63) is 0 Å². The molecular weight excluding hydrogens is 242 g/mol. The number of nitrogens with zero attached hydrogens (tertiary/aromatic N) is 2. The van der Waals surface area contributed by atoms with Crippen LogP contribution in [0.3, 0.4) is 0 Å². The van der Waals surface area contributed by atoms with Crippen LogP contribution in [0.15, 0.2) is 0 Å². The van der Waals surface area contributed by atoms with E-state index in [1.165, 1.54) is 12.8 Å². The highest BCUT2D eigenvalue weighted by molar-refractivity contribution is 5.84. The summed E-state index contributed by atoms with van der Waals surface area (Å²) >= 11 is 0. The summed E-state index contributed by atoms with van der Waals surface area (Å²) in [7, 11) is 3.45. The van der Waals surface area contributed by atoms with Gasteiger partial charge in [-0.05, 0) is 26.7 Å². The molecule has 2 unspecified atom stereocenters. The van der Waals surface area contributed by atoms with Gasteiger partial charge in [-0.2, -0.15) is 0 Å². The average molecular weight is 269 g/mol. The minimum absolute atomic E-state index is 0.00415. The maximum absolute atomic E-state index is 12.3. The smallest absolute Gasteiger partial charge is 0.239 e. The molecule has 19 heavy (non-hydrogen) atoms. The molecule has 2 amide bonds. The van der Waals surface area contributed by atoms with Crippen LogP contribution in [-0.4, -0.2) is 60.9 Å². The molecule has 0 radical (unpaired) electrons. The molecule has 1 saturated heterocycles. The van der Waals surface area contributed by atoms with Crippen molar-refractivity contribution >= 4 is 11.8 Å². The topological polar surface area (TPSA) is 52.7 Å². The van der Waals surface area contributed by atoms with Crippen molar-refractivity contribution in [3.8, 4) is 0 Å². The Bertz CT molecular complexity index is 310. The van der Waals surface area contributed by atoms with Crippen LogP contribution in [0, 0.1) is 0 Å². The van der Waals surface area contributed by atoms with E-state index in [0.717, 1.165) is 25.9 Å². The summed E-state index contributed by atoms with van der Waals surface area (Å²) in [6, 6.07) is -0.641. The van der Waals surface area contributed by atoms with Crippen molar-refractivity contribution in [2.24, 2.45) is 0 Å². The van der Waals surface area contributed by atoms with Gasteiger partial charge in [-0.25, -0.2) is 0 Å². The van der Waals surface area contributed by atoms with E-state index >= 15 is 0 Å². The van der Waals surface area contributed by atoms with Crippen LogP contribution in [0.2, 0.25) is 0 Å². The van der Waals surface area contributed by atoms with Crippen molar-refractivity contribution in [2.75, 3.05) is 27.2 Å². The van der Waals surface area contributed by atoms with Gasteiger partial charge in [0, 0.05) is 27.2 Å². The maximum atomic E-state index is 12.3. The van der Waals surface area contributed by atoms with Gasteiger partial charge >= 0.3 is 0 Å². The van der Waals surface area contributed by atoms with Crippen molar-refractivity contribution < 1.29 is 9.59 Å². The zero-order chi connectivity index (χ0) is 14.4. The largest absolute Gasteiger partial charge is 0.347 e. The molecule has 2 atom stereocenters. The summed E-state index contributed by atoms with van der Waals surface area (Å²) in [4.78, 5) is 27.6. The zero-order valence-electron chi connectivity index (χ0n) is 12.6. The third-order valence-corrected chi connectivity index (χ3v) is 3.60. The zero-order valence-corrected chi connectivity index (χ0v) is 12.6. The average Bonchev–Trinajstić information content (AvgIpc) is 2.65. The molecule has 0 saturated carbocycles. The minimum Gasteiger partial charge on any atom is -0.347 e. The second kappa shape index (κ2) is 7.48. The lowest BCUT2D eigenvalue weighted by Gasteiger charge is -2.27. The Balaban J connectivity index is 2.49. The number of carbonyl (C=O) groups is 2. The van der Waals surface area contributed by atoms with E-state index in [1.54, 1.807) is 25.9 Å². The Labute approximate surface area is 116 Å². The second-order valence-corrected chi connectivity index (χ2v) is 5.58. The molecule has 1 fully saturated rings. The van der Waals surface area contributed by atoms with E-state index in [9.17, 15) is 9.59 Å². The molecular formula is C14H27N3O2. The molecule has 0 aliphatic carbocycles. The molecule has 1 aliphatic rings. The van der Waals surface area contributed by atoms with Gasteiger partial charge in [0.05, 0.1) is 12.1 Å². The van der Waals surface area contributed by atoms with Gasteiger partial charge in [0.2, 0.25) is 11.8 Å². The van der Waals surface area contributed by atoms with E-state index in [1.807, 2.05) is 11.8 Å². The Morgan fingerprint density at radius 1 is 1.00 bits per heavy atom. The summed E-state index contributed by atoms with van der Waals surface area (Å²) in [5, 5.41) is 3.10. The van der Waals surface area contributed by atoms with Gasteiger partial charge in [0.25, 0.3) is 0 Å². The molecule has 0 aromatic rings. The molecule has 110 valence electrons. The SMILES string of the molecule is CC(NC(C)C(=O)N1CCCCCC1)C(=O)N(C)C. The summed E-state index contributed by atoms with van der Waals surface area (Å²) in [5.41, 5.74) is 0. The van der Waals surface area contributed by atoms with Crippen molar-refractivity contribution in [1.29, 1.82) is 0 Å². The highest BCUT2D eigenvalue weighted by atomic mass is 16.2. The number of rotatable bonds is 4. The molecule has 0 spiro atoms. The van der Waals surface area contributed by atoms with E-state index in [4.69, 9.17) is 0 Å². The maximum Gasteiger partial charge on any atom is 0.239 e. The minimum atomic E-state index is -0.332. The van der Waals surface area contributed by atoms with Crippen LogP contribution < -0.4 is 5.32 Å². The summed E-state index contributed by atoms with van der Waals surface area (Å²) in [5.74, 6) is 0.107. The highest BCUT2D eigenvalue weighted by Gasteiger charge is 2.24. The van der Waals surface area contributed by atoms with Gasteiger partial charge < -0.3 is 9.80 Å². The summed E-state index contributed by atoms with van der Waals surface area (Å²) in [6.07, 6.45) is 4.59. The predicted octanol–water partition coefficient (Wildman–Crippen LogP) is 0.844. The third-order valence-electron chi connectivity index (χ3n) is 3.60. The Kier molecular flexibility index (Phi) is 6.28. The highest BCUT2D eigenvalue weighted by Crippen LogP contribution is 2.11. The van der Waals surface area contributed by atoms with Crippen LogP contribution in [0.4, 0.5) is 0 Å². The van der Waals surface area contributed by atoms with Gasteiger partial charge in [-0.15, -0.1) is 0 Å². The van der Waals surface area contributed by atoms with Gasteiger partial charge in [0.15, 0.2) is 0 Å². The van der Waals surface area contributed by atoms with Gasteiger partial charge in [-0.3, -0.25) is 14.9 Å². The number of carbonyl (C=O) groups excluding carboxylic acids is 2. The number of amides is 2. The number of likely N-dealkylation sites (tertiary alicyclic amines) is 1. The van der Waals surface area contributed by atoms with Crippen LogP contribution >= 0.6 is 0 Å². The Hall–Kier alpha value is -1.10. The van der Waals surface area contributed by atoms with Crippen LogP contribution in [0.5, 0.6) is 0 Å². The van der Waals surface area contributed by atoms with E-state index < -0.39 is 0 Å². The first-order valence-electron chi connectivity index (χ1n) is 7.19. The molecule has 0 aromatic carbocycles. The third kappa shape index (κ3) is 4.82. The van der Waals surface area contributed by atoms with E-state index in [-0.39, 0.29) is 23.9 Å². The summed E-state index contributed by atoms with van der Waals surface area (Å²) in [6.45, 7) is 5.34. The van der Waals surface area contributed by atoms with Crippen LogP contribution in [0.1, 0.15) is 39.5 Å². The molecule has 1 heterocycles. The van der Waals surface area contributed by atoms with Crippen molar-refractivity contribution in [2.45, 2.75) is 51.6 Å².